The maximum Gasteiger partial charge on any atom is 0.304 e. The Labute approximate surface area is 106 Å². The quantitative estimate of drug-likeness (QED) is 0.621. The van der Waals surface area contributed by atoms with Crippen LogP contribution in [0.1, 0.15) is 12.5 Å². The third-order valence-electron chi connectivity index (χ3n) is 2.86. The zero-order valence-corrected chi connectivity index (χ0v) is 10.8. The predicted molar refractivity (Wildman–Crippen MR) is 67.9 cm³/mol. The molecule has 0 saturated heterocycles. The molecule has 0 aromatic heterocycles. The maximum atomic E-state index is 13.3. The van der Waals surface area contributed by atoms with E-state index in [9.17, 15) is 14.5 Å². The normalized spacial score (nSPS) is 12.7. The molecule has 0 amide bonds. The van der Waals surface area contributed by atoms with Gasteiger partial charge in [-0.05, 0) is 32.6 Å². The van der Waals surface area contributed by atoms with Crippen LogP contribution in [-0.4, -0.2) is 36.5 Å². The van der Waals surface area contributed by atoms with Crippen LogP contribution < -0.4 is 5.32 Å². The first kappa shape index (κ1) is 14.5. The third kappa shape index (κ3) is 4.05. The highest BCUT2D eigenvalue weighted by Gasteiger charge is 2.13. The van der Waals surface area contributed by atoms with Crippen LogP contribution >= 0.6 is 0 Å². The van der Waals surface area contributed by atoms with Gasteiger partial charge >= 0.3 is 5.69 Å². The first-order chi connectivity index (χ1) is 8.41. The molecule has 1 unspecified atom stereocenters. The Morgan fingerprint density at radius 1 is 1.50 bits per heavy atom. The zero-order valence-electron chi connectivity index (χ0n) is 10.8. The lowest BCUT2D eigenvalue weighted by Gasteiger charge is -2.20. The van der Waals surface area contributed by atoms with Crippen LogP contribution in [0.5, 0.6) is 0 Å². The van der Waals surface area contributed by atoms with Crippen molar-refractivity contribution in [2.75, 3.05) is 20.6 Å². The molecule has 0 spiro atoms. The number of nitrogens with one attached hydrogen (secondary N) is 1. The summed E-state index contributed by atoms with van der Waals surface area (Å²) in [5, 5.41) is 13.6. The molecule has 100 valence electrons. The fourth-order valence-electron chi connectivity index (χ4n) is 1.42. The van der Waals surface area contributed by atoms with Gasteiger partial charge in [-0.15, -0.1) is 0 Å². The van der Waals surface area contributed by atoms with Crippen molar-refractivity contribution in [2.45, 2.75) is 19.5 Å². The van der Waals surface area contributed by atoms with Crippen LogP contribution in [0.15, 0.2) is 18.2 Å². The maximum absolute atomic E-state index is 13.3. The monoisotopic (exact) mass is 255 g/mol. The second kappa shape index (κ2) is 6.42. The van der Waals surface area contributed by atoms with Crippen LogP contribution in [0, 0.1) is 15.9 Å². The molecule has 1 aromatic carbocycles. The fourth-order valence-corrected chi connectivity index (χ4v) is 1.42. The van der Waals surface area contributed by atoms with E-state index in [1.165, 1.54) is 12.1 Å². The van der Waals surface area contributed by atoms with Crippen molar-refractivity contribution in [1.29, 1.82) is 0 Å². The minimum atomic E-state index is -0.792. The summed E-state index contributed by atoms with van der Waals surface area (Å²) in [5.41, 5.74) is 0.212. The minimum Gasteiger partial charge on any atom is -0.311 e. The molecular formula is C12H18FN3O2. The van der Waals surface area contributed by atoms with Crippen molar-refractivity contribution >= 4 is 5.69 Å². The molecule has 6 heteroatoms. The standard InChI is InChI=1S/C12H18FN3O2/c1-9(15(2)3)7-14-8-10-4-5-12(16(17)18)11(13)6-10/h4-6,9,14H,7-8H2,1-3H3. The molecule has 0 aliphatic heterocycles. The first-order valence-corrected chi connectivity index (χ1v) is 5.71. The van der Waals surface area contributed by atoms with Crippen molar-refractivity contribution in [3.05, 3.63) is 39.7 Å². The van der Waals surface area contributed by atoms with Crippen molar-refractivity contribution in [3.63, 3.8) is 0 Å². The summed E-state index contributed by atoms with van der Waals surface area (Å²) >= 11 is 0. The molecule has 0 aliphatic rings. The van der Waals surface area contributed by atoms with Crippen molar-refractivity contribution in [2.24, 2.45) is 0 Å². The topological polar surface area (TPSA) is 58.4 Å². The van der Waals surface area contributed by atoms with Crippen LogP contribution in [0.25, 0.3) is 0 Å². The van der Waals surface area contributed by atoms with Crippen molar-refractivity contribution in [1.82, 2.24) is 10.2 Å². The minimum absolute atomic E-state index is 0.368. The summed E-state index contributed by atoms with van der Waals surface area (Å²) < 4.78 is 13.3. The van der Waals surface area contributed by atoms with Crippen LogP contribution in [0.4, 0.5) is 10.1 Å². The lowest BCUT2D eigenvalue weighted by atomic mass is 10.2. The van der Waals surface area contributed by atoms with E-state index in [0.29, 0.717) is 18.2 Å². The summed E-state index contributed by atoms with van der Waals surface area (Å²) in [4.78, 5) is 11.8. The highest BCUT2D eigenvalue weighted by molar-refractivity contribution is 5.34. The molecule has 18 heavy (non-hydrogen) atoms. The second-order valence-electron chi connectivity index (χ2n) is 4.49. The highest BCUT2D eigenvalue weighted by Crippen LogP contribution is 2.17. The van der Waals surface area contributed by atoms with E-state index in [1.807, 2.05) is 14.1 Å². The average Bonchev–Trinajstić information content (AvgIpc) is 2.28. The number of nitro groups is 1. The molecular weight excluding hydrogens is 237 g/mol. The van der Waals surface area contributed by atoms with E-state index in [4.69, 9.17) is 0 Å². The summed E-state index contributed by atoms with van der Waals surface area (Å²) in [7, 11) is 3.97. The van der Waals surface area contributed by atoms with E-state index < -0.39 is 16.4 Å². The van der Waals surface area contributed by atoms with Gasteiger partial charge < -0.3 is 10.2 Å². The number of likely N-dealkylation sites (N-methyl/N-ethyl adjacent to an activating group) is 1. The van der Waals surface area contributed by atoms with Crippen molar-refractivity contribution in [3.8, 4) is 0 Å². The van der Waals surface area contributed by atoms with E-state index >= 15 is 0 Å². The molecule has 5 nitrogen and oxygen atoms in total. The Morgan fingerprint density at radius 3 is 2.67 bits per heavy atom. The second-order valence-corrected chi connectivity index (χ2v) is 4.49. The van der Waals surface area contributed by atoms with E-state index in [0.717, 1.165) is 6.54 Å². The summed E-state index contributed by atoms with van der Waals surface area (Å²) in [5.74, 6) is -0.792. The lowest BCUT2D eigenvalue weighted by molar-refractivity contribution is -0.387. The molecule has 0 saturated carbocycles. The Hall–Kier alpha value is -1.53. The molecule has 0 heterocycles. The number of hydrogen-bond acceptors (Lipinski definition) is 4. The smallest absolute Gasteiger partial charge is 0.304 e. The SMILES string of the molecule is CC(CNCc1ccc([N+](=O)[O-])c(F)c1)N(C)C. The Kier molecular flexibility index (Phi) is 5.18. The largest absolute Gasteiger partial charge is 0.311 e. The number of benzene rings is 1. The Bertz CT molecular complexity index is 424. The molecule has 0 radical (unpaired) electrons. The zero-order chi connectivity index (χ0) is 13.7. The van der Waals surface area contributed by atoms with Gasteiger partial charge in [-0.25, -0.2) is 0 Å². The Morgan fingerprint density at radius 2 is 2.17 bits per heavy atom. The third-order valence-corrected chi connectivity index (χ3v) is 2.86. The van der Waals surface area contributed by atoms with Gasteiger partial charge in [0.25, 0.3) is 0 Å². The predicted octanol–water partition coefficient (Wildman–Crippen LogP) is 1.77. The molecule has 1 atom stereocenters. The van der Waals surface area contributed by atoms with E-state index in [1.54, 1.807) is 6.07 Å². The van der Waals surface area contributed by atoms with Gasteiger partial charge in [0.05, 0.1) is 4.92 Å². The molecule has 1 rings (SSSR count). The van der Waals surface area contributed by atoms with Gasteiger partial charge in [0.2, 0.25) is 5.82 Å². The fraction of sp³-hybridized carbons (Fsp3) is 0.500. The molecule has 1 N–H and O–H groups in total. The van der Waals surface area contributed by atoms with Gasteiger partial charge in [0.1, 0.15) is 0 Å². The molecule has 0 fully saturated rings. The van der Waals surface area contributed by atoms with E-state index in [-0.39, 0.29) is 0 Å². The van der Waals surface area contributed by atoms with Crippen LogP contribution in [0.2, 0.25) is 0 Å². The number of hydrogen-bond donors (Lipinski definition) is 1. The van der Waals surface area contributed by atoms with Gasteiger partial charge in [0, 0.05) is 25.2 Å². The number of nitrogens with zero attached hydrogens (tertiary/aromatic N) is 2. The van der Waals surface area contributed by atoms with Gasteiger partial charge in [0.15, 0.2) is 0 Å². The first-order valence-electron chi connectivity index (χ1n) is 5.71. The molecule has 0 aliphatic carbocycles. The van der Waals surface area contributed by atoms with Crippen molar-refractivity contribution < 1.29 is 9.31 Å². The van der Waals surface area contributed by atoms with Crippen LogP contribution in [0.3, 0.4) is 0 Å². The number of nitro benzene ring substituents is 1. The average molecular weight is 255 g/mol. The summed E-state index contributed by atoms with van der Waals surface area (Å²) in [6.45, 7) is 3.34. The van der Waals surface area contributed by atoms with Gasteiger partial charge in [-0.1, -0.05) is 6.07 Å². The highest BCUT2D eigenvalue weighted by atomic mass is 19.1. The number of rotatable bonds is 6. The van der Waals surface area contributed by atoms with Gasteiger partial charge in [-0.2, -0.15) is 4.39 Å². The van der Waals surface area contributed by atoms with E-state index in [2.05, 4.69) is 17.1 Å². The van der Waals surface area contributed by atoms with Crippen LogP contribution in [-0.2, 0) is 6.54 Å². The lowest BCUT2D eigenvalue weighted by Crippen LogP contribution is -2.35. The molecule has 0 bridgehead atoms. The number of halogens is 1. The Balaban J connectivity index is 2.54. The summed E-state index contributed by atoms with van der Waals surface area (Å²) in [6, 6.07) is 4.33. The molecule has 1 aromatic rings. The van der Waals surface area contributed by atoms with Gasteiger partial charge in [-0.3, -0.25) is 10.1 Å². The summed E-state index contributed by atoms with van der Waals surface area (Å²) in [6.07, 6.45) is 0.